The first-order chi connectivity index (χ1) is 11.8. The molecular formula is C18H56N6. The van der Waals surface area contributed by atoms with Crippen molar-refractivity contribution in [1.82, 2.24) is 0 Å². The first kappa shape index (κ1) is 43.8. The summed E-state index contributed by atoms with van der Waals surface area (Å²) in [5.41, 5.74) is 27.0. The average Bonchev–Trinajstić information content (AvgIpc) is 2.73. The minimum Gasteiger partial charge on any atom is -0.333 e. The molecule has 0 aromatic heterocycles. The summed E-state index contributed by atoms with van der Waals surface area (Å²) in [5.74, 6) is 1.02. The van der Waals surface area contributed by atoms with Crippen molar-refractivity contribution in [3.05, 3.63) is 0 Å². The van der Waals surface area contributed by atoms with Gasteiger partial charge in [0.1, 0.15) is 0 Å². The monoisotopic (exact) mass is 356 g/mol. The highest BCUT2D eigenvalue weighted by Crippen LogP contribution is 2.19. The number of unbranched alkanes of at least 4 members (excludes halogenated alkanes) is 3. The van der Waals surface area contributed by atoms with Gasteiger partial charge in [-0.1, -0.05) is 72.1 Å². The van der Waals surface area contributed by atoms with Crippen LogP contribution in [0.5, 0.6) is 0 Å². The van der Waals surface area contributed by atoms with Gasteiger partial charge in [-0.25, -0.2) is 0 Å². The molecule has 1 unspecified atom stereocenters. The smallest absolute Gasteiger partial charge is 0.0195 e. The highest BCUT2D eigenvalue weighted by molar-refractivity contribution is 4.57. The predicted octanol–water partition coefficient (Wildman–Crippen LogP) is 2.23. The van der Waals surface area contributed by atoms with Gasteiger partial charge in [0.2, 0.25) is 0 Å². The molecule has 0 aliphatic heterocycles. The Bertz CT molecular complexity index is 95.6. The lowest BCUT2D eigenvalue weighted by Crippen LogP contribution is -1.98. The van der Waals surface area contributed by atoms with Crippen molar-refractivity contribution < 1.29 is 0 Å². The Hall–Kier alpha value is -0.240. The van der Waals surface area contributed by atoms with Gasteiger partial charge in [0, 0.05) is 0 Å². The van der Waals surface area contributed by atoms with E-state index in [-0.39, 0.29) is 0 Å². The Balaban J connectivity index is -0.0000000404. The van der Waals surface area contributed by atoms with Gasteiger partial charge in [0.25, 0.3) is 0 Å². The molecule has 0 saturated carbocycles. The van der Waals surface area contributed by atoms with E-state index in [4.69, 9.17) is 0 Å². The Morgan fingerprint density at radius 1 is 0.458 bits per heavy atom. The van der Waals surface area contributed by atoms with Crippen LogP contribution in [0.4, 0.5) is 0 Å². The standard InChI is InChI=1S/C12H26.6CH5N/c1-4-7-9-11-12(6-3)10-8-5-2;6*1-2/h12H,4-11H2,1-3H3;6*2H2,1H3. The molecule has 0 fully saturated rings. The molecule has 6 heteroatoms. The quantitative estimate of drug-likeness (QED) is 0.366. The van der Waals surface area contributed by atoms with Gasteiger partial charge in [-0.3, -0.25) is 0 Å². The zero-order chi connectivity index (χ0) is 21.2. The van der Waals surface area contributed by atoms with Crippen molar-refractivity contribution in [2.75, 3.05) is 42.3 Å². The highest BCUT2D eigenvalue weighted by Gasteiger charge is 2.04. The van der Waals surface area contributed by atoms with Crippen LogP contribution in [0.1, 0.15) is 72.1 Å². The normalized spacial score (nSPS) is 8.12. The van der Waals surface area contributed by atoms with Gasteiger partial charge in [-0.05, 0) is 48.2 Å². The fourth-order valence-corrected chi connectivity index (χ4v) is 1.73. The van der Waals surface area contributed by atoms with E-state index in [0.717, 1.165) is 5.92 Å². The molecule has 1 atom stereocenters. The third kappa shape index (κ3) is 81.0. The molecule has 0 aliphatic rings. The summed E-state index contributed by atoms with van der Waals surface area (Å²) in [7, 11) is 9.00. The summed E-state index contributed by atoms with van der Waals surface area (Å²) in [5, 5.41) is 0. The summed E-state index contributed by atoms with van der Waals surface area (Å²) in [6.45, 7) is 6.91. The molecule has 0 aromatic rings. The average molecular weight is 357 g/mol. The second kappa shape index (κ2) is 93.1. The Morgan fingerprint density at radius 2 is 0.750 bits per heavy atom. The van der Waals surface area contributed by atoms with E-state index < -0.39 is 0 Å². The molecule has 0 aliphatic carbocycles. The highest BCUT2D eigenvalue weighted by atomic mass is 14.4. The van der Waals surface area contributed by atoms with Gasteiger partial charge in [-0.15, -0.1) is 0 Å². The first-order valence-corrected chi connectivity index (χ1v) is 9.31. The predicted molar refractivity (Wildman–Crippen MR) is 118 cm³/mol. The molecule has 6 nitrogen and oxygen atoms in total. The molecule has 0 rings (SSSR count). The molecule has 0 amide bonds. The number of rotatable bonds is 8. The van der Waals surface area contributed by atoms with Gasteiger partial charge in [0.15, 0.2) is 0 Å². The number of hydrogen-bond acceptors (Lipinski definition) is 6. The molecule has 0 bridgehead atoms. The fraction of sp³-hybridized carbons (Fsp3) is 1.00. The van der Waals surface area contributed by atoms with E-state index >= 15 is 0 Å². The zero-order valence-corrected chi connectivity index (χ0v) is 18.7. The molecule has 24 heavy (non-hydrogen) atoms. The van der Waals surface area contributed by atoms with Crippen molar-refractivity contribution in [3.63, 3.8) is 0 Å². The lowest BCUT2D eigenvalue weighted by molar-refractivity contribution is 0.404. The van der Waals surface area contributed by atoms with E-state index in [2.05, 4.69) is 55.2 Å². The second-order valence-corrected chi connectivity index (χ2v) is 3.91. The molecule has 0 spiro atoms. The summed E-state index contributed by atoms with van der Waals surface area (Å²) >= 11 is 0. The van der Waals surface area contributed by atoms with E-state index in [1.807, 2.05) is 0 Å². The van der Waals surface area contributed by atoms with E-state index in [9.17, 15) is 0 Å². The van der Waals surface area contributed by atoms with Crippen molar-refractivity contribution in [3.8, 4) is 0 Å². The topological polar surface area (TPSA) is 156 Å². The van der Waals surface area contributed by atoms with E-state index in [0.29, 0.717) is 0 Å². The Labute approximate surface area is 155 Å². The summed E-state index contributed by atoms with van der Waals surface area (Å²) in [6, 6.07) is 0. The van der Waals surface area contributed by atoms with Crippen LogP contribution in [-0.2, 0) is 0 Å². The minimum absolute atomic E-state index is 1.02. The lowest BCUT2D eigenvalue weighted by atomic mass is 9.93. The van der Waals surface area contributed by atoms with Crippen LogP contribution in [-0.4, -0.2) is 42.3 Å². The summed E-state index contributed by atoms with van der Waals surface area (Å²) in [4.78, 5) is 0. The second-order valence-electron chi connectivity index (χ2n) is 3.91. The van der Waals surface area contributed by atoms with Crippen molar-refractivity contribution >= 4 is 0 Å². The zero-order valence-electron chi connectivity index (χ0n) is 18.7. The minimum atomic E-state index is 1.02. The molecule has 158 valence electrons. The molecule has 0 heterocycles. The molecule has 12 N–H and O–H groups in total. The largest absolute Gasteiger partial charge is 0.333 e. The summed E-state index contributed by atoms with van der Waals surface area (Å²) < 4.78 is 0. The molecular weight excluding hydrogens is 300 g/mol. The van der Waals surface area contributed by atoms with Crippen LogP contribution in [0.3, 0.4) is 0 Å². The lowest BCUT2D eigenvalue weighted by Gasteiger charge is -2.13. The SMILES string of the molecule is CCCCCC(CC)CCCC.CN.CN.CN.CN.CN.CN. The maximum absolute atomic E-state index is 4.50. The van der Waals surface area contributed by atoms with Crippen LogP contribution in [0.15, 0.2) is 0 Å². The fourth-order valence-electron chi connectivity index (χ4n) is 1.73. The van der Waals surface area contributed by atoms with Crippen molar-refractivity contribution in [2.24, 2.45) is 40.3 Å². The van der Waals surface area contributed by atoms with Crippen LogP contribution >= 0.6 is 0 Å². The van der Waals surface area contributed by atoms with Crippen molar-refractivity contribution in [2.45, 2.75) is 72.1 Å². The first-order valence-electron chi connectivity index (χ1n) is 9.31. The number of hydrogen-bond donors (Lipinski definition) is 6. The van der Waals surface area contributed by atoms with Crippen LogP contribution in [0.2, 0.25) is 0 Å². The Morgan fingerprint density at radius 3 is 1.00 bits per heavy atom. The molecule has 0 saturated heterocycles. The maximum atomic E-state index is 4.50. The molecule has 0 radical (unpaired) electrons. The third-order valence-corrected chi connectivity index (χ3v) is 2.76. The molecule has 0 aromatic carbocycles. The summed E-state index contributed by atoms with van der Waals surface area (Å²) in [6.07, 6.45) is 11.4. The van der Waals surface area contributed by atoms with Gasteiger partial charge in [0.05, 0.1) is 0 Å². The van der Waals surface area contributed by atoms with Crippen LogP contribution in [0, 0.1) is 5.92 Å². The van der Waals surface area contributed by atoms with Crippen LogP contribution < -0.4 is 34.4 Å². The van der Waals surface area contributed by atoms with E-state index in [1.165, 1.54) is 93.7 Å². The van der Waals surface area contributed by atoms with Gasteiger partial charge >= 0.3 is 0 Å². The maximum Gasteiger partial charge on any atom is -0.0195 e. The number of nitrogens with two attached hydrogens (primary N) is 6. The van der Waals surface area contributed by atoms with E-state index in [1.54, 1.807) is 0 Å². The van der Waals surface area contributed by atoms with Crippen LogP contribution in [0.25, 0.3) is 0 Å². The van der Waals surface area contributed by atoms with Crippen molar-refractivity contribution in [1.29, 1.82) is 0 Å². The van der Waals surface area contributed by atoms with Gasteiger partial charge in [-0.2, -0.15) is 0 Å². The van der Waals surface area contributed by atoms with Gasteiger partial charge < -0.3 is 34.4 Å². The third-order valence-electron chi connectivity index (χ3n) is 2.76. The Kier molecular flexibility index (Phi) is 170.